The highest BCUT2D eigenvalue weighted by Gasteiger charge is 2.28. The van der Waals surface area contributed by atoms with Gasteiger partial charge in [-0.2, -0.15) is 0 Å². The molecule has 2 atom stereocenters. The van der Waals surface area contributed by atoms with Crippen molar-refractivity contribution < 1.29 is 9.59 Å². The zero-order valence-electron chi connectivity index (χ0n) is 15.4. The summed E-state index contributed by atoms with van der Waals surface area (Å²) in [5.41, 5.74) is 6.38. The summed E-state index contributed by atoms with van der Waals surface area (Å²) < 4.78 is 1.41. The number of aryl methyl sites for hydroxylation is 1. The van der Waals surface area contributed by atoms with Gasteiger partial charge in [0.05, 0.1) is 17.6 Å². The highest BCUT2D eigenvalue weighted by Crippen LogP contribution is 2.35. The van der Waals surface area contributed by atoms with Crippen molar-refractivity contribution >= 4 is 33.4 Å². The Morgan fingerprint density at radius 1 is 1.37 bits per heavy atom. The van der Waals surface area contributed by atoms with E-state index in [1.165, 1.54) is 15.8 Å². The van der Waals surface area contributed by atoms with E-state index in [2.05, 4.69) is 11.9 Å². The molecule has 1 saturated heterocycles. The number of piperidine rings is 1. The van der Waals surface area contributed by atoms with Gasteiger partial charge in [0, 0.05) is 18.0 Å². The number of rotatable bonds is 3. The first-order valence-corrected chi connectivity index (χ1v) is 10.3. The van der Waals surface area contributed by atoms with Crippen LogP contribution in [0.3, 0.4) is 0 Å². The van der Waals surface area contributed by atoms with Crippen molar-refractivity contribution in [3.63, 3.8) is 0 Å². The van der Waals surface area contributed by atoms with Crippen molar-refractivity contribution in [3.8, 4) is 0 Å². The number of nitrogens with two attached hydrogens (primary N) is 1. The SMILES string of the molecule is C[C@H]1CCc2c(sc3ncn(CC(=O)N4CCC[C@H](C(N)=O)C4)c(=O)c23)C1. The van der Waals surface area contributed by atoms with Crippen LogP contribution < -0.4 is 11.3 Å². The number of thiophene rings is 1. The average Bonchev–Trinajstić information content (AvgIpc) is 3.02. The van der Waals surface area contributed by atoms with Gasteiger partial charge in [0.1, 0.15) is 11.4 Å². The Bertz CT molecular complexity index is 964. The van der Waals surface area contributed by atoms with Gasteiger partial charge >= 0.3 is 0 Å². The van der Waals surface area contributed by atoms with E-state index in [4.69, 9.17) is 5.73 Å². The molecule has 0 unspecified atom stereocenters. The number of nitrogens with zero attached hydrogens (tertiary/aromatic N) is 3. The van der Waals surface area contributed by atoms with Crippen LogP contribution in [0.4, 0.5) is 0 Å². The molecule has 1 aliphatic heterocycles. The maximum absolute atomic E-state index is 13.0. The Hall–Kier alpha value is -2.22. The molecule has 27 heavy (non-hydrogen) atoms. The lowest BCUT2D eigenvalue weighted by atomic mass is 9.89. The summed E-state index contributed by atoms with van der Waals surface area (Å²) in [5, 5.41) is 0.686. The van der Waals surface area contributed by atoms with Gasteiger partial charge in [-0.1, -0.05) is 6.92 Å². The van der Waals surface area contributed by atoms with E-state index < -0.39 is 0 Å². The van der Waals surface area contributed by atoms with Gasteiger partial charge in [-0.15, -0.1) is 11.3 Å². The van der Waals surface area contributed by atoms with Crippen LogP contribution in [0.1, 0.15) is 36.6 Å². The average molecular weight is 388 g/mol. The minimum absolute atomic E-state index is 0.0473. The van der Waals surface area contributed by atoms with Crippen LogP contribution in [0.15, 0.2) is 11.1 Å². The number of carbonyl (C=O) groups excluding carboxylic acids is 2. The van der Waals surface area contributed by atoms with Crippen LogP contribution in [0, 0.1) is 11.8 Å². The van der Waals surface area contributed by atoms with E-state index in [1.54, 1.807) is 16.2 Å². The van der Waals surface area contributed by atoms with Gasteiger partial charge in [0.25, 0.3) is 5.56 Å². The summed E-state index contributed by atoms with van der Waals surface area (Å²) in [6, 6.07) is 0. The smallest absolute Gasteiger partial charge is 0.262 e. The molecule has 2 aromatic rings. The number of primary amides is 1. The van der Waals surface area contributed by atoms with Crippen molar-refractivity contribution in [2.24, 2.45) is 17.6 Å². The number of likely N-dealkylation sites (tertiary alicyclic amines) is 1. The van der Waals surface area contributed by atoms with Crippen molar-refractivity contribution in [2.45, 2.75) is 45.6 Å². The van der Waals surface area contributed by atoms with Crippen LogP contribution in [0.5, 0.6) is 0 Å². The largest absolute Gasteiger partial charge is 0.369 e. The third kappa shape index (κ3) is 3.38. The summed E-state index contributed by atoms with van der Waals surface area (Å²) in [5.74, 6) is -0.202. The predicted octanol–water partition coefficient (Wildman–Crippen LogP) is 1.31. The van der Waals surface area contributed by atoms with Gasteiger partial charge in [-0.05, 0) is 43.6 Å². The Labute approximate surface area is 161 Å². The Balaban J connectivity index is 1.59. The fraction of sp³-hybridized carbons (Fsp3) is 0.579. The van der Waals surface area contributed by atoms with Crippen molar-refractivity contribution in [1.29, 1.82) is 0 Å². The molecule has 0 bridgehead atoms. The highest BCUT2D eigenvalue weighted by molar-refractivity contribution is 7.18. The van der Waals surface area contributed by atoms with E-state index in [0.717, 1.165) is 36.1 Å². The molecule has 2 aliphatic rings. The summed E-state index contributed by atoms with van der Waals surface area (Å²) >= 11 is 1.61. The molecule has 1 fully saturated rings. The van der Waals surface area contributed by atoms with E-state index in [0.29, 0.717) is 30.8 Å². The fourth-order valence-corrected chi connectivity index (χ4v) is 5.50. The Kier molecular flexibility index (Phi) is 4.75. The second-order valence-corrected chi connectivity index (χ2v) is 8.87. The number of amides is 2. The van der Waals surface area contributed by atoms with E-state index in [-0.39, 0.29) is 29.8 Å². The highest BCUT2D eigenvalue weighted by atomic mass is 32.1. The maximum atomic E-state index is 13.0. The minimum Gasteiger partial charge on any atom is -0.369 e. The second-order valence-electron chi connectivity index (χ2n) is 7.79. The normalized spacial score (nSPS) is 22.6. The molecule has 2 N–H and O–H groups in total. The van der Waals surface area contributed by atoms with Crippen LogP contribution in [-0.2, 0) is 29.0 Å². The lowest BCUT2D eigenvalue weighted by molar-refractivity contribution is -0.135. The lowest BCUT2D eigenvalue weighted by Crippen LogP contribution is -2.46. The zero-order chi connectivity index (χ0) is 19.1. The van der Waals surface area contributed by atoms with Crippen molar-refractivity contribution in [3.05, 3.63) is 27.1 Å². The van der Waals surface area contributed by atoms with Crippen LogP contribution in [0.25, 0.3) is 10.2 Å². The molecule has 2 amide bonds. The maximum Gasteiger partial charge on any atom is 0.262 e. The van der Waals surface area contributed by atoms with Gasteiger partial charge in [-0.3, -0.25) is 19.0 Å². The standard InChI is InChI=1S/C19H24N4O3S/c1-11-4-5-13-14(7-11)27-18-16(13)19(26)23(10-21-18)9-15(24)22-6-2-3-12(8-22)17(20)25/h10-12H,2-9H2,1H3,(H2,20,25)/t11-,12-/m0/s1. The summed E-state index contributed by atoms with van der Waals surface area (Å²) in [7, 11) is 0. The first-order chi connectivity index (χ1) is 12.9. The molecule has 7 nitrogen and oxygen atoms in total. The molecule has 8 heteroatoms. The Morgan fingerprint density at radius 3 is 2.96 bits per heavy atom. The number of hydrogen-bond donors (Lipinski definition) is 1. The lowest BCUT2D eigenvalue weighted by Gasteiger charge is -2.31. The molecule has 0 saturated carbocycles. The first kappa shape index (κ1) is 18.2. The van der Waals surface area contributed by atoms with Gasteiger partial charge in [-0.25, -0.2) is 4.98 Å². The van der Waals surface area contributed by atoms with Crippen LogP contribution in [-0.4, -0.2) is 39.4 Å². The molecule has 144 valence electrons. The minimum atomic E-state index is -0.369. The number of aromatic nitrogens is 2. The molecule has 0 aromatic carbocycles. The van der Waals surface area contributed by atoms with Crippen molar-refractivity contribution in [2.75, 3.05) is 13.1 Å². The first-order valence-electron chi connectivity index (χ1n) is 9.50. The van der Waals surface area contributed by atoms with Gasteiger partial charge in [0.2, 0.25) is 11.8 Å². The topological polar surface area (TPSA) is 98.3 Å². The van der Waals surface area contributed by atoms with E-state index in [9.17, 15) is 14.4 Å². The molecule has 3 heterocycles. The zero-order valence-corrected chi connectivity index (χ0v) is 16.3. The Morgan fingerprint density at radius 2 is 2.19 bits per heavy atom. The van der Waals surface area contributed by atoms with E-state index >= 15 is 0 Å². The van der Waals surface area contributed by atoms with E-state index in [1.807, 2.05) is 0 Å². The number of fused-ring (bicyclic) bond motifs is 3. The van der Waals surface area contributed by atoms with Crippen molar-refractivity contribution in [1.82, 2.24) is 14.5 Å². The molecule has 0 radical (unpaired) electrons. The molecule has 4 rings (SSSR count). The quantitative estimate of drug-likeness (QED) is 0.857. The second kappa shape index (κ2) is 7.07. The molecule has 2 aromatic heterocycles. The summed E-state index contributed by atoms with van der Waals surface area (Å²) in [4.78, 5) is 45.3. The summed E-state index contributed by atoms with van der Waals surface area (Å²) in [6.45, 7) is 3.12. The van der Waals surface area contributed by atoms with Gasteiger partial charge in [0.15, 0.2) is 0 Å². The fourth-order valence-electron chi connectivity index (χ4n) is 4.16. The third-order valence-electron chi connectivity index (χ3n) is 5.76. The predicted molar refractivity (Wildman–Crippen MR) is 104 cm³/mol. The number of carbonyl (C=O) groups is 2. The molecule has 0 spiro atoms. The number of hydrogen-bond acceptors (Lipinski definition) is 5. The summed E-state index contributed by atoms with van der Waals surface area (Å²) in [6.07, 6.45) is 5.92. The monoisotopic (exact) mass is 388 g/mol. The molecule has 1 aliphatic carbocycles. The van der Waals surface area contributed by atoms with Crippen LogP contribution in [0.2, 0.25) is 0 Å². The molecular weight excluding hydrogens is 364 g/mol. The van der Waals surface area contributed by atoms with Gasteiger partial charge < -0.3 is 10.6 Å². The van der Waals surface area contributed by atoms with Crippen LogP contribution >= 0.6 is 11.3 Å². The third-order valence-corrected chi connectivity index (χ3v) is 6.93. The molecular formula is C19H24N4O3S.